The zero-order valence-corrected chi connectivity index (χ0v) is 18.4. The van der Waals surface area contributed by atoms with Crippen LogP contribution in [0.25, 0.3) is 0 Å². The van der Waals surface area contributed by atoms with E-state index in [2.05, 4.69) is 20.2 Å². The van der Waals surface area contributed by atoms with Gasteiger partial charge in [0.2, 0.25) is 11.6 Å². The van der Waals surface area contributed by atoms with Crippen molar-refractivity contribution in [1.29, 1.82) is 0 Å². The van der Waals surface area contributed by atoms with Gasteiger partial charge in [-0.25, -0.2) is 9.97 Å². The summed E-state index contributed by atoms with van der Waals surface area (Å²) in [5, 5.41) is 15.7. The highest BCUT2D eigenvalue weighted by Crippen LogP contribution is 2.37. The zero-order chi connectivity index (χ0) is 22.8. The Balaban J connectivity index is 1.37. The topological polar surface area (TPSA) is 106 Å². The molecule has 1 fully saturated rings. The third kappa shape index (κ3) is 4.42. The maximum Gasteiger partial charge on any atom is 0.353 e. The molecule has 0 atom stereocenters. The van der Waals surface area contributed by atoms with Gasteiger partial charge in [-0.05, 0) is 30.3 Å². The second-order valence-electron chi connectivity index (χ2n) is 7.59. The van der Waals surface area contributed by atoms with E-state index in [0.29, 0.717) is 67.4 Å². The molecule has 1 N–H and O–H groups in total. The number of nitrogens with one attached hydrogen (secondary N) is 1. The fraction of sp³-hybridized carbons (Fsp3) is 0.273. The molecule has 0 saturated carbocycles. The molecule has 170 valence electrons. The molecule has 0 amide bonds. The number of nitro groups is 1. The third-order valence-electron chi connectivity index (χ3n) is 5.54. The Hall–Kier alpha value is -3.79. The van der Waals surface area contributed by atoms with Gasteiger partial charge in [0.05, 0.1) is 4.92 Å². The molecule has 5 rings (SSSR count). The molecule has 1 aromatic heterocycles. The van der Waals surface area contributed by atoms with Gasteiger partial charge in [0, 0.05) is 48.6 Å². The summed E-state index contributed by atoms with van der Waals surface area (Å²) < 4.78 is 11.1. The quantitative estimate of drug-likeness (QED) is 0.441. The summed E-state index contributed by atoms with van der Waals surface area (Å²) in [5.41, 5.74) is 1.47. The Morgan fingerprint density at radius 2 is 1.73 bits per heavy atom. The lowest BCUT2D eigenvalue weighted by molar-refractivity contribution is -0.383. The van der Waals surface area contributed by atoms with E-state index in [0.717, 1.165) is 5.69 Å². The molecule has 1 saturated heterocycles. The molecule has 2 aliphatic heterocycles. The highest BCUT2D eigenvalue weighted by molar-refractivity contribution is 6.30. The predicted molar refractivity (Wildman–Crippen MR) is 125 cm³/mol. The van der Waals surface area contributed by atoms with Crippen molar-refractivity contribution in [3.8, 4) is 11.5 Å². The average molecular weight is 469 g/mol. The van der Waals surface area contributed by atoms with E-state index >= 15 is 0 Å². The summed E-state index contributed by atoms with van der Waals surface area (Å²) in [5.74, 6) is 1.64. The van der Waals surface area contributed by atoms with Crippen LogP contribution in [0.5, 0.6) is 11.5 Å². The molecule has 11 heteroatoms. The van der Waals surface area contributed by atoms with Crippen LogP contribution < -0.4 is 24.6 Å². The number of aromatic nitrogens is 2. The molecule has 2 aromatic carbocycles. The van der Waals surface area contributed by atoms with E-state index in [1.165, 1.54) is 6.33 Å². The minimum absolute atomic E-state index is 0.124. The average Bonchev–Trinajstić information content (AvgIpc) is 2.84. The summed E-state index contributed by atoms with van der Waals surface area (Å²) in [6.07, 6.45) is 1.34. The van der Waals surface area contributed by atoms with Gasteiger partial charge in [0.15, 0.2) is 11.5 Å². The van der Waals surface area contributed by atoms with Gasteiger partial charge < -0.3 is 24.6 Å². The highest BCUT2D eigenvalue weighted by Gasteiger charge is 2.29. The minimum atomic E-state index is -0.445. The van der Waals surface area contributed by atoms with Crippen LogP contribution in [0, 0.1) is 10.1 Å². The van der Waals surface area contributed by atoms with Gasteiger partial charge >= 0.3 is 5.69 Å². The van der Waals surface area contributed by atoms with Crippen LogP contribution in [0.1, 0.15) is 0 Å². The second kappa shape index (κ2) is 8.99. The second-order valence-corrected chi connectivity index (χ2v) is 8.03. The lowest BCUT2D eigenvalue weighted by Gasteiger charge is -2.36. The Morgan fingerprint density at radius 1 is 0.970 bits per heavy atom. The molecule has 33 heavy (non-hydrogen) atoms. The van der Waals surface area contributed by atoms with Crippen molar-refractivity contribution in [2.45, 2.75) is 0 Å². The SMILES string of the molecule is O=[N+]([O-])c1c(Nc2ccc3c(c2)OCCO3)ncnc1N1CCN(c2cccc(Cl)c2)CC1. The number of piperazine rings is 1. The van der Waals surface area contributed by atoms with E-state index in [1.807, 2.05) is 29.2 Å². The van der Waals surface area contributed by atoms with E-state index in [-0.39, 0.29) is 11.5 Å². The molecule has 0 aliphatic carbocycles. The number of nitrogens with zero attached hydrogens (tertiary/aromatic N) is 5. The summed E-state index contributed by atoms with van der Waals surface area (Å²) in [6.45, 7) is 3.47. The Bertz CT molecular complexity index is 1190. The first kappa shape index (κ1) is 21.1. The van der Waals surface area contributed by atoms with E-state index in [1.54, 1.807) is 18.2 Å². The van der Waals surface area contributed by atoms with Gasteiger partial charge in [-0.1, -0.05) is 17.7 Å². The van der Waals surface area contributed by atoms with Crippen LogP contribution in [-0.2, 0) is 0 Å². The molecule has 0 unspecified atom stereocenters. The zero-order valence-electron chi connectivity index (χ0n) is 17.6. The number of hydrogen-bond donors (Lipinski definition) is 1. The number of fused-ring (bicyclic) bond motifs is 1. The molecule has 3 aromatic rings. The van der Waals surface area contributed by atoms with Crippen molar-refractivity contribution >= 4 is 40.3 Å². The summed E-state index contributed by atoms with van der Waals surface area (Å²) in [7, 11) is 0. The van der Waals surface area contributed by atoms with Crippen LogP contribution in [0.2, 0.25) is 5.02 Å². The lowest BCUT2D eigenvalue weighted by atomic mass is 10.2. The first-order valence-electron chi connectivity index (χ1n) is 10.5. The first-order valence-corrected chi connectivity index (χ1v) is 10.9. The number of benzene rings is 2. The lowest BCUT2D eigenvalue weighted by Crippen LogP contribution is -2.47. The Labute approximate surface area is 194 Å². The molecule has 2 aliphatic rings. The molecular formula is C22H21ClN6O4. The number of halogens is 1. The van der Waals surface area contributed by atoms with Gasteiger partial charge in [0.25, 0.3) is 0 Å². The maximum absolute atomic E-state index is 12.0. The van der Waals surface area contributed by atoms with Crippen molar-refractivity contribution in [2.75, 3.05) is 54.5 Å². The van der Waals surface area contributed by atoms with Crippen LogP contribution in [-0.4, -0.2) is 54.3 Å². The standard InChI is InChI=1S/C22H21ClN6O4/c23-15-2-1-3-17(12-15)27-6-8-28(9-7-27)22-20(29(30)31)21(24-14-25-22)26-16-4-5-18-19(13-16)33-11-10-32-18/h1-5,12-14H,6-11H2,(H,24,25,26). The number of hydrogen-bond acceptors (Lipinski definition) is 9. The molecular weight excluding hydrogens is 448 g/mol. The smallest absolute Gasteiger partial charge is 0.353 e. The fourth-order valence-electron chi connectivity index (χ4n) is 3.97. The monoisotopic (exact) mass is 468 g/mol. The number of rotatable bonds is 5. The summed E-state index contributed by atoms with van der Waals surface area (Å²) >= 11 is 6.12. The van der Waals surface area contributed by atoms with Gasteiger partial charge in [0.1, 0.15) is 19.5 Å². The summed E-state index contributed by atoms with van der Waals surface area (Å²) in [6, 6.07) is 12.9. The molecule has 3 heterocycles. The van der Waals surface area contributed by atoms with Gasteiger partial charge in [-0.2, -0.15) is 0 Å². The van der Waals surface area contributed by atoms with Crippen LogP contribution in [0.15, 0.2) is 48.8 Å². The Morgan fingerprint density at radius 3 is 2.48 bits per heavy atom. The van der Waals surface area contributed by atoms with Crippen molar-refractivity contribution in [3.05, 3.63) is 63.9 Å². The summed E-state index contributed by atoms with van der Waals surface area (Å²) in [4.78, 5) is 24.1. The van der Waals surface area contributed by atoms with Gasteiger partial charge in [-0.15, -0.1) is 0 Å². The maximum atomic E-state index is 12.0. The normalized spacial score (nSPS) is 15.3. The van der Waals surface area contributed by atoms with Crippen LogP contribution in [0.3, 0.4) is 0 Å². The number of anilines is 4. The first-order chi connectivity index (χ1) is 16.1. The fourth-order valence-corrected chi connectivity index (χ4v) is 4.15. The van der Waals surface area contributed by atoms with Crippen molar-refractivity contribution in [1.82, 2.24) is 9.97 Å². The van der Waals surface area contributed by atoms with Crippen molar-refractivity contribution < 1.29 is 14.4 Å². The van der Waals surface area contributed by atoms with E-state index in [9.17, 15) is 10.1 Å². The van der Waals surface area contributed by atoms with Gasteiger partial charge in [-0.3, -0.25) is 10.1 Å². The molecule has 10 nitrogen and oxygen atoms in total. The largest absolute Gasteiger partial charge is 0.486 e. The molecule has 0 spiro atoms. The van der Waals surface area contributed by atoms with E-state index in [4.69, 9.17) is 21.1 Å². The van der Waals surface area contributed by atoms with E-state index < -0.39 is 4.92 Å². The minimum Gasteiger partial charge on any atom is -0.486 e. The highest BCUT2D eigenvalue weighted by atomic mass is 35.5. The molecule has 0 bridgehead atoms. The predicted octanol–water partition coefficient (Wildman–Crippen LogP) is 3.88. The van der Waals surface area contributed by atoms with Crippen molar-refractivity contribution in [3.63, 3.8) is 0 Å². The van der Waals surface area contributed by atoms with Crippen LogP contribution >= 0.6 is 11.6 Å². The molecule has 0 radical (unpaired) electrons. The Kier molecular flexibility index (Phi) is 5.74. The number of ether oxygens (including phenoxy) is 2. The van der Waals surface area contributed by atoms with Crippen LogP contribution in [0.4, 0.5) is 28.7 Å². The third-order valence-corrected chi connectivity index (χ3v) is 5.78. The van der Waals surface area contributed by atoms with Crippen molar-refractivity contribution in [2.24, 2.45) is 0 Å².